The molecule has 1 saturated heterocycles. The van der Waals surface area contributed by atoms with Crippen molar-refractivity contribution in [1.29, 1.82) is 0 Å². The van der Waals surface area contributed by atoms with Crippen molar-refractivity contribution in [3.05, 3.63) is 143 Å². The van der Waals surface area contributed by atoms with E-state index >= 15 is 0 Å². The van der Waals surface area contributed by atoms with Gasteiger partial charge in [-0.2, -0.15) is 0 Å². The molecule has 1 heterocycles. The Balaban J connectivity index is 1.21. The quantitative estimate of drug-likeness (QED) is 0.304. The zero-order valence-electron chi connectivity index (χ0n) is 24.2. The molecule has 4 aromatic rings. The molecule has 3 amide bonds. The number of hydrogen-bond acceptors (Lipinski definition) is 3. The Hall–Kier alpha value is -4.71. The van der Waals surface area contributed by atoms with E-state index in [4.69, 9.17) is 0 Å². The average molecular weight is 572 g/mol. The number of carbonyl (C=O) groups excluding carboxylic acids is 3. The molecule has 6 heteroatoms. The van der Waals surface area contributed by atoms with Gasteiger partial charge < -0.3 is 15.5 Å². The Morgan fingerprint density at radius 1 is 0.721 bits per heavy atom. The van der Waals surface area contributed by atoms with Crippen molar-refractivity contribution >= 4 is 17.7 Å². The molecular weight excluding hydrogens is 534 g/mol. The number of fused-ring (bicyclic) bond motifs is 1. The number of likely N-dealkylation sites (tertiary alicyclic amines) is 1. The lowest BCUT2D eigenvalue weighted by molar-refractivity contribution is -0.135. The Bertz CT molecular complexity index is 1570. The topological polar surface area (TPSA) is 78.5 Å². The lowest BCUT2D eigenvalue weighted by atomic mass is 9.62. The van der Waals surface area contributed by atoms with Crippen LogP contribution in [0.2, 0.25) is 0 Å². The molecule has 0 bridgehead atoms. The molecule has 6 rings (SSSR count). The van der Waals surface area contributed by atoms with E-state index in [1.54, 1.807) is 0 Å². The number of benzene rings is 4. The van der Waals surface area contributed by atoms with Gasteiger partial charge in [0.25, 0.3) is 5.91 Å². The second kappa shape index (κ2) is 12.7. The number of amides is 3. The fourth-order valence-corrected chi connectivity index (χ4v) is 6.74. The summed E-state index contributed by atoms with van der Waals surface area (Å²) in [7, 11) is 0. The number of carbonyl (C=O) groups is 3. The highest BCUT2D eigenvalue weighted by molar-refractivity contribution is 5.95. The highest BCUT2D eigenvalue weighted by atomic mass is 16.2. The minimum absolute atomic E-state index is 0.0365. The highest BCUT2D eigenvalue weighted by Gasteiger charge is 2.48. The number of nitrogens with one attached hydrogen (secondary N) is 2. The van der Waals surface area contributed by atoms with Gasteiger partial charge in [-0.15, -0.1) is 0 Å². The first-order valence-electron chi connectivity index (χ1n) is 15.2. The fourth-order valence-electron chi connectivity index (χ4n) is 6.74. The van der Waals surface area contributed by atoms with E-state index < -0.39 is 5.41 Å². The van der Waals surface area contributed by atoms with Crippen LogP contribution in [0.1, 0.15) is 64.2 Å². The van der Waals surface area contributed by atoms with E-state index in [9.17, 15) is 14.4 Å². The average Bonchev–Trinajstić information content (AvgIpc) is 3.08. The van der Waals surface area contributed by atoms with Gasteiger partial charge >= 0.3 is 0 Å². The lowest BCUT2D eigenvalue weighted by Gasteiger charge is -2.42. The molecule has 1 fully saturated rings. The molecule has 2 aliphatic rings. The summed E-state index contributed by atoms with van der Waals surface area (Å²) < 4.78 is 0. The fraction of sp³-hybridized carbons (Fsp3) is 0.270. The minimum atomic E-state index is -0.891. The normalized spacial score (nSPS) is 20.1. The smallest absolute Gasteiger partial charge is 0.251 e. The molecule has 0 saturated carbocycles. The number of hydrogen-bond donors (Lipinski definition) is 2. The Labute approximate surface area is 253 Å². The standard InChI is InChI=1S/C37H37N3O3/c41-34(28-14-6-2-7-15-28)39-30-21-24-40(25-22-30)35(42)32-20-23-37(29-16-8-3-9-17-29,33-19-11-10-18-31(32)33)36(43)38-26-27-12-4-1-5-13-27/h1-19,30,32H,20-26H2,(H,38,43)(H,39,41). The van der Waals surface area contributed by atoms with Crippen molar-refractivity contribution in [2.75, 3.05) is 13.1 Å². The van der Waals surface area contributed by atoms with E-state index in [1.807, 2.05) is 120 Å². The molecule has 2 atom stereocenters. The van der Waals surface area contributed by atoms with E-state index in [2.05, 4.69) is 10.6 Å². The maximum atomic E-state index is 14.2. The van der Waals surface area contributed by atoms with Gasteiger partial charge in [-0.1, -0.05) is 103 Å². The third kappa shape index (κ3) is 5.82. The third-order valence-electron chi connectivity index (χ3n) is 9.03. The summed E-state index contributed by atoms with van der Waals surface area (Å²) in [4.78, 5) is 42.8. The molecule has 0 aromatic heterocycles. The maximum Gasteiger partial charge on any atom is 0.251 e. The summed E-state index contributed by atoms with van der Waals surface area (Å²) in [5.74, 6) is -0.331. The molecular formula is C37H37N3O3. The van der Waals surface area contributed by atoms with Crippen LogP contribution in [-0.2, 0) is 21.5 Å². The second-order valence-corrected chi connectivity index (χ2v) is 11.6. The predicted octanol–water partition coefficient (Wildman–Crippen LogP) is 5.59. The van der Waals surface area contributed by atoms with Gasteiger partial charge in [0.05, 0.1) is 11.3 Å². The van der Waals surface area contributed by atoms with Crippen molar-refractivity contribution in [1.82, 2.24) is 15.5 Å². The Morgan fingerprint density at radius 3 is 2.02 bits per heavy atom. The molecule has 2 unspecified atom stereocenters. The molecule has 1 aliphatic heterocycles. The molecule has 218 valence electrons. The maximum absolute atomic E-state index is 14.2. The van der Waals surface area contributed by atoms with Gasteiger partial charge in [0.2, 0.25) is 11.8 Å². The summed E-state index contributed by atoms with van der Waals surface area (Å²) in [6.45, 7) is 1.63. The van der Waals surface area contributed by atoms with E-state index in [1.165, 1.54) is 0 Å². The van der Waals surface area contributed by atoms with E-state index in [0.717, 1.165) is 22.3 Å². The molecule has 2 N–H and O–H groups in total. The van der Waals surface area contributed by atoms with Gasteiger partial charge in [-0.3, -0.25) is 14.4 Å². The number of rotatable bonds is 7. The van der Waals surface area contributed by atoms with Crippen LogP contribution in [-0.4, -0.2) is 41.8 Å². The van der Waals surface area contributed by atoms with Crippen LogP contribution in [0.5, 0.6) is 0 Å². The molecule has 0 spiro atoms. The first-order chi connectivity index (χ1) is 21.1. The van der Waals surface area contributed by atoms with Crippen molar-refractivity contribution in [2.24, 2.45) is 0 Å². The zero-order valence-corrected chi connectivity index (χ0v) is 24.2. The lowest BCUT2D eigenvalue weighted by Crippen LogP contribution is -2.51. The van der Waals surface area contributed by atoms with Gasteiger partial charge in [-0.25, -0.2) is 0 Å². The summed E-state index contributed by atoms with van der Waals surface area (Å²) >= 11 is 0. The van der Waals surface area contributed by atoms with Crippen LogP contribution in [0.25, 0.3) is 0 Å². The second-order valence-electron chi connectivity index (χ2n) is 11.6. The van der Waals surface area contributed by atoms with Gasteiger partial charge in [0.1, 0.15) is 0 Å². The molecule has 0 radical (unpaired) electrons. The molecule has 43 heavy (non-hydrogen) atoms. The van der Waals surface area contributed by atoms with Crippen LogP contribution < -0.4 is 10.6 Å². The number of nitrogens with zero attached hydrogens (tertiary/aromatic N) is 1. The van der Waals surface area contributed by atoms with Crippen molar-refractivity contribution in [3.63, 3.8) is 0 Å². The monoisotopic (exact) mass is 571 g/mol. The highest BCUT2D eigenvalue weighted by Crippen LogP contribution is 2.48. The van der Waals surface area contributed by atoms with E-state index in [0.29, 0.717) is 50.9 Å². The summed E-state index contributed by atoms with van der Waals surface area (Å²) in [5.41, 5.74) is 3.57. The van der Waals surface area contributed by atoms with Crippen LogP contribution in [0.4, 0.5) is 0 Å². The van der Waals surface area contributed by atoms with Crippen LogP contribution in [0, 0.1) is 0 Å². The van der Waals surface area contributed by atoms with Crippen LogP contribution in [0.3, 0.4) is 0 Å². The van der Waals surface area contributed by atoms with Crippen LogP contribution >= 0.6 is 0 Å². The van der Waals surface area contributed by atoms with E-state index in [-0.39, 0.29) is 29.7 Å². The van der Waals surface area contributed by atoms with Crippen molar-refractivity contribution in [2.45, 2.75) is 49.6 Å². The predicted molar refractivity (Wildman–Crippen MR) is 167 cm³/mol. The molecule has 1 aliphatic carbocycles. The summed E-state index contributed by atoms with van der Waals surface area (Å²) in [6, 6.07) is 37.1. The van der Waals surface area contributed by atoms with Crippen LogP contribution in [0.15, 0.2) is 115 Å². The third-order valence-corrected chi connectivity index (χ3v) is 9.03. The summed E-state index contributed by atoms with van der Waals surface area (Å²) in [6.07, 6.45) is 2.55. The Kier molecular flexibility index (Phi) is 8.36. The number of piperidine rings is 1. The minimum Gasteiger partial charge on any atom is -0.351 e. The molecule has 6 nitrogen and oxygen atoms in total. The SMILES string of the molecule is O=C(NC1CCN(C(=O)C2CCC(C(=O)NCc3ccccc3)(c3ccccc3)c3ccccc32)CC1)c1ccccc1. The van der Waals surface area contributed by atoms with Gasteiger partial charge in [-0.05, 0) is 60.1 Å². The van der Waals surface area contributed by atoms with Crippen molar-refractivity contribution in [3.8, 4) is 0 Å². The summed E-state index contributed by atoms with van der Waals surface area (Å²) in [5, 5.41) is 6.35. The largest absolute Gasteiger partial charge is 0.351 e. The van der Waals surface area contributed by atoms with Gasteiger partial charge in [0.15, 0.2) is 0 Å². The Morgan fingerprint density at radius 2 is 1.33 bits per heavy atom. The molecule has 4 aromatic carbocycles. The zero-order chi connectivity index (χ0) is 29.6. The first-order valence-corrected chi connectivity index (χ1v) is 15.2. The van der Waals surface area contributed by atoms with Gasteiger partial charge in [0, 0.05) is 31.2 Å². The van der Waals surface area contributed by atoms with Crippen molar-refractivity contribution < 1.29 is 14.4 Å². The first kappa shape index (κ1) is 28.4.